The molecular formula is C15H31N5O. The summed E-state index contributed by atoms with van der Waals surface area (Å²) in [5.41, 5.74) is 0. The van der Waals surface area contributed by atoms with Crippen LogP contribution < -0.4 is 10.6 Å². The molecule has 0 saturated carbocycles. The smallest absolute Gasteiger partial charge is 0.219 e. The molecule has 1 fully saturated rings. The van der Waals surface area contributed by atoms with Crippen LogP contribution in [0.4, 0.5) is 0 Å². The minimum atomic E-state index is 0.185. The van der Waals surface area contributed by atoms with Crippen molar-refractivity contribution in [3.63, 3.8) is 0 Å². The number of carbonyl (C=O) groups is 1. The van der Waals surface area contributed by atoms with Crippen LogP contribution >= 0.6 is 0 Å². The zero-order chi connectivity index (χ0) is 15.5. The molecule has 1 amide bonds. The van der Waals surface area contributed by atoms with Gasteiger partial charge in [-0.2, -0.15) is 0 Å². The van der Waals surface area contributed by atoms with E-state index in [0.29, 0.717) is 0 Å². The Morgan fingerprint density at radius 2 is 1.86 bits per heavy atom. The van der Waals surface area contributed by atoms with E-state index in [1.807, 2.05) is 4.90 Å². The summed E-state index contributed by atoms with van der Waals surface area (Å²) in [7, 11) is 0. The van der Waals surface area contributed by atoms with Crippen molar-refractivity contribution in [1.82, 2.24) is 20.4 Å². The second-order valence-corrected chi connectivity index (χ2v) is 5.39. The molecule has 0 unspecified atom stereocenters. The molecule has 2 N–H and O–H groups in total. The highest BCUT2D eigenvalue weighted by Crippen LogP contribution is 2.00. The van der Waals surface area contributed by atoms with Gasteiger partial charge in [-0.05, 0) is 13.3 Å². The second-order valence-electron chi connectivity index (χ2n) is 5.39. The first-order valence-electron chi connectivity index (χ1n) is 8.17. The molecule has 6 nitrogen and oxygen atoms in total. The summed E-state index contributed by atoms with van der Waals surface area (Å²) in [5.74, 6) is 1.10. The third kappa shape index (κ3) is 7.32. The van der Waals surface area contributed by atoms with Crippen molar-refractivity contribution in [2.45, 2.75) is 33.6 Å². The van der Waals surface area contributed by atoms with E-state index in [-0.39, 0.29) is 5.91 Å². The zero-order valence-electron chi connectivity index (χ0n) is 13.8. The highest BCUT2D eigenvalue weighted by molar-refractivity contribution is 5.79. The average molecular weight is 297 g/mol. The highest BCUT2D eigenvalue weighted by Gasteiger charge is 2.17. The van der Waals surface area contributed by atoms with Crippen LogP contribution in [0.5, 0.6) is 0 Å². The summed E-state index contributed by atoms with van der Waals surface area (Å²) < 4.78 is 0. The Morgan fingerprint density at radius 3 is 2.43 bits per heavy atom. The number of guanidine groups is 1. The lowest BCUT2D eigenvalue weighted by Gasteiger charge is -2.34. The Balaban J connectivity index is 2.22. The maximum atomic E-state index is 11.3. The van der Waals surface area contributed by atoms with Gasteiger partial charge in [0.2, 0.25) is 5.91 Å². The van der Waals surface area contributed by atoms with Gasteiger partial charge in [0.05, 0.1) is 0 Å². The monoisotopic (exact) mass is 297 g/mol. The van der Waals surface area contributed by atoms with Crippen molar-refractivity contribution in [2.75, 3.05) is 52.4 Å². The van der Waals surface area contributed by atoms with Gasteiger partial charge < -0.3 is 15.5 Å². The van der Waals surface area contributed by atoms with Crippen molar-refractivity contribution in [1.29, 1.82) is 0 Å². The number of unbranched alkanes of at least 4 members (excludes halogenated alkanes) is 1. The fourth-order valence-corrected chi connectivity index (χ4v) is 2.31. The largest absolute Gasteiger partial charge is 0.357 e. The van der Waals surface area contributed by atoms with E-state index in [1.54, 1.807) is 6.92 Å². The summed E-state index contributed by atoms with van der Waals surface area (Å²) >= 11 is 0. The van der Waals surface area contributed by atoms with E-state index in [9.17, 15) is 4.79 Å². The lowest BCUT2D eigenvalue weighted by Crippen LogP contribution is -2.50. The van der Waals surface area contributed by atoms with Crippen molar-refractivity contribution in [3.8, 4) is 0 Å². The van der Waals surface area contributed by atoms with Crippen LogP contribution in [0.2, 0.25) is 0 Å². The molecule has 1 aliphatic heterocycles. The molecule has 1 rings (SSSR count). The first-order valence-corrected chi connectivity index (χ1v) is 8.17. The number of aliphatic imine (C=N–C) groups is 1. The second kappa shape index (κ2) is 10.4. The average Bonchev–Trinajstić information content (AvgIpc) is 2.48. The Labute approximate surface area is 129 Å². The topological polar surface area (TPSA) is 60.0 Å². The fourth-order valence-electron chi connectivity index (χ4n) is 2.31. The quantitative estimate of drug-likeness (QED) is 0.408. The van der Waals surface area contributed by atoms with Gasteiger partial charge in [0.25, 0.3) is 0 Å². The van der Waals surface area contributed by atoms with E-state index in [0.717, 1.165) is 64.7 Å². The summed E-state index contributed by atoms with van der Waals surface area (Å²) in [6.45, 7) is 13.2. The van der Waals surface area contributed by atoms with Gasteiger partial charge in [0.15, 0.2) is 5.96 Å². The van der Waals surface area contributed by atoms with Crippen LogP contribution in [0.3, 0.4) is 0 Å². The van der Waals surface area contributed by atoms with Crippen LogP contribution in [0, 0.1) is 0 Å². The zero-order valence-corrected chi connectivity index (χ0v) is 13.8. The number of nitrogens with zero attached hydrogens (tertiary/aromatic N) is 3. The van der Waals surface area contributed by atoms with Crippen molar-refractivity contribution in [2.24, 2.45) is 4.99 Å². The van der Waals surface area contributed by atoms with E-state index in [2.05, 4.69) is 34.4 Å². The predicted molar refractivity (Wildman–Crippen MR) is 87.6 cm³/mol. The van der Waals surface area contributed by atoms with Crippen LogP contribution in [0.15, 0.2) is 4.99 Å². The Bertz CT molecular complexity index is 324. The number of nitrogens with one attached hydrogen (secondary N) is 2. The van der Waals surface area contributed by atoms with E-state index in [4.69, 9.17) is 0 Å². The molecule has 0 spiro atoms. The van der Waals surface area contributed by atoms with Gasteiger partial charge in [-0.15, -0.1) is 0 Å². The third-order valence-electron chi connectivity index (χ3n) is 3.66. The van der Waals surface area contributed by atoms with Gasteiger partial charge in [-0.3, -0.25) is 14.7 Å². The lowest BCUT2D eigenvalue weighted by atomic mass is 10.3. The van der Waals surface area contributed by atoms with E-state index >= 15 is 0 Å². The molecule has 6 heteroatoms. The molecule has 1 saturated heterocycles. The molecule has 1 heterocycles. The molecule has 0 atom stereocenters. The Hall–Kier alpha value is -1.30. The SMILES string of the molecule is CCCCN=C(NCC)NCCN1CCN(C(C)=O)CC1. The van der Waals surface area contributed by atoms with E-state index < -0.39 is 0 Å². The lowest BCUT2D eigenvalue weighted by molar-refractivity contribution is -0.130. The number of piperazine rings is 1. The number of amides is 1. The summed E-state index contributed by atoms with van der Waals surface area (Å²) in [6.07, 6.45) is 2.30. The van der Waals surface area contributed by atoms with Crippen LogP contribution in [-0.4, -0.2) is 74.0 Å². The molecule has 0 bridgehead atoms. The van der Waals surface area contributed by atoms with Crippen LogP contribution in [0.1, 0.15) is 33.6 Å². The number of hydrogen-bond acceptors (Lipinski definition) is 3. The van der Waals surface area contributed by atoms with Crippen molar-refractivity contribution >= 4 is 11.9 Å². The minimum Gasteiger partial charge on any atom is -0.357 e. The third-order valence-corrected chi connectivity index (χ3v) is 3.66. The van der Waals surface area contributed by atoms with Gasteiger partial charge in [-0.1, -0.05) is 13.3 Å². The molecule has 0 aromatic rings. The standard InChI is InChI=1S/C15H31N5O/c1-4-6-7-17-15(16-5-2)18-8-9-19-10-12-20(13-11-19)14(3)21/h4-13H2,1-3H3,(H2,16,17,18). The maximum absolute atomic E-state index is 11.3. The molecule has 1 aliphatic rings. The predicted octanol–water partition coefficient (Wildman–Crippen LogP) is 0.506. The number of carbonyl (C=O) groups excluding carboxylic acids is 1. The minimum absolute atomic E-state index is 0.185. The first-order chi connectivity index (χ1) is 10.2. The van der Waals surface area contributed by atoms with Crippen LogP contribution in [-0.2, 0) is 4.79 Å². The summed E-state index contributed by atoms with van der Waals surface area (Å²) in [5, 5.41) is 6.65. The normalized spacial score (nSPS) is 16.9. The summed E-state index contributed by atoms with van der Waals surface area (Å²) in [4.78, 5) is 20.1. The molecule has 0 aliphatic carbocycles. The molecular weight excluding hydrogens is 266 g/mol. The Morgan fingerprint density at radius 1 is 1.14 bits per heavy atom. The Kier molecular flexibility index (Phi) is 8.82. The number of hydrogen-bond donors (Lipinski definition) is 2. The fraction of sp³-hybridized carbons (Fsp3) is 0.867. The first kappa shape index (κ1) is 17.8. The van der Waals surface area contributed by atoms with Crippen molar-refractivity contribution in [3.05, 3.63) is 0 Å². The van der Waals surface area contributed by atoms with Gasteiger partial charge >= 0.3 is 0 Å². The summed E-state index contributed by atoms with van der Waals surface area (Å²) in [6, 6.07) is 0. The maximum Gasteiger partial charge on any atom is 0.219 e. The molecule has 0 radical (unpaired) electrons. The molecule has 122 valence electrons. The molecule has 0 aromatic heterocycles. The van der Waals surface area contributed by atoms with Gasteiger partial charge in [0.1, 0.15) is 0 Å². The van der Waals surface area contributed by atoms with Gasteiger partial charge in [-0.25, -0.2) is 0 Å². The molecule has 0 aromatic carbocycles. The molecule has 21 heavy (non-hydrogen) atoms. The van der Waals surface area contributed by atoms with Gasteiger partial charge in [0, 0.05) is 59.3 Å². The van der Waals surface area contributed by atoms with Crippen LogP contribution in [0.25, 0.3) is 0 Å². The van der Waals surface area contributed by atoms with E-state index in [1.165, 1.54) is 6.42 Å². The number of rotatable bonds is 7. The van der Waals surface area contributed by atoms with Crippen molar-refractivity contribution < 1.29 is 4.79 Å². The highest BCUT2D eigenvalue weighted by atomic mass is 16.2.